The van der Waals surface area contributed by atoms with Crippen LogP contribution in [0.3, 0.4) is 0 Å². The van der Waals surface area contributed by atoms with Crippen molar-refractivity contribution in [2.24, 2.45) is 23.7 Å². The van der Waals surface area contributed by atoms with Gasteiger partial charge in [-0.05, 0) is 62.2 Å². The lowest BCUT2D eigenvalue weighted by Crippen LogP contribution is -2.47. The summed E-state index contributed by atoms with van der Waals surface area (Å²) in [5.74, 6) is 4.03. The molecule has 4 fully saturated rings. The molecule has 0 N–H and O–H groups in total. The molecule has 0 radical (unpaired) electrons. The van der Waals surface area contributed by atoms with E-state index in [1.807, 2.05) is 0 Å². The number of hydrogen-bond acceptors (Lipinski definition) is 1. The van der Waals surface area contributed by atoms with Crippen LogP contribution in [0.4, 0.5) is 0 Å². The fraction of sp³-hybridized carbons (Fsp3) is 1.00. The van der Waals surface area contributed by atoms with Gasteiger partial charge < -0.3 is 4.74 Å². The Labute approximate surface area is 86.2 Å². The Kier molecular flexibility index (Phi) is 1.49. The lowest BCUT2D eigenvalue weighted by atomic mass is 9.70. The van der Waals surface area contributed by atoms with Gasteiger partial charge in [-0.1, -0.05) is 6.42 Å². The SMILES string of the molecule is C1CC2COC34CCC(CC3C2C1)C4. The zero-order valence-corrected chi connectivity index (χ0v) is 8.87. The van der Waals surface area contributed by atoms with E-state index >= 15 is 0 Å². The molecule has 0 aromatic carbocycles. The molecule has 4 rings (SSSR count). The predicted octanol–water partition coefficient (Wildman–Crippen LogP) is 2.99. The molecule has 1 nitrogen and oxygen atoms in total. The van der Waals surface area contributed by atoms with E-state index < -0.39 is 0 Å². The minimum absolute atomic E-state index is 0.399. The van der Waals surface area contributed by atoms with Gasteiger partial charge >= 0.3 is 0 Å². The van der Waals surface area contributed by atoms with Crippen LogP contribution in [0.2, 0.25) is 0 Å². The smallest absolute Gasteiger partial charge is 0.0716 e. The molecule has 0 amide bonds. The minimum atomic E-state index is 0.399. The van der Waals surface area contributed by atoms with E-state index in [2.05, 4.69) is 0 Å². The van der Waals surface area contributed by atoms with Gasteiger partial charge in [0.05, 0.1) is 12.2 Å². The summed E-state index contributed by atoms with van der Waals surface area (Å²) in [6.07, 6.45) is 10.3. The van der Waals surface area contributed by atoms with Crippen molar-refractivity contribution >= 4 is 0 Å². The maximum absolute atomic E-state index is 6.29. The quantitative estimate of drug-likeness (QED) is 0.573. The maximum Gasteiger partial charge on any atom is 0.0716 e. The first-order chi connectivity index (χ1) is 6.87. The van der Waals surface area contributed by atoms with Crippen LogP contribution in [0.25, 0.3) is 0 Å². The van der Waals surface area contributed by atoms with E-state index in [9.17, 15) is 0 Å². The first-order valence-corrected chi connectivity index (χ1v) is 6.51. The molecule has 5 unspecified atom stereocenters. The molecule has 4 aliphatic rings. The van der Waals surface area contributed by atoms with Gasteiger partial charge in [-0.25, -0.2) is 0 Å². The summed E-state index contributed by atoms with van der Waals surface area (Å²) in [7, 11) is 0. The Morgan fingerprint density at radius 1 is 1.14 bits per heavy atom. The van der Waals surface area contributed by atoms with Crippen LogP contribution in [-0.2, 0) is 4.74 Å². The molecule has 1 heterocycles. The Bertz CT molecular complexity index is 262. The first kappa shape index (κ1) is 8.15. The van der Waals surface area contributed by atoms with Crippen molar-refractivity contribution in [3.05, 3.63) is 0 Å². The maximum atomic E-state index is 6.29. The highest BCUT2D eigenvalue weighted by molar-refractivity contribution is 5.09. The number of hydrogen-bond donors (Lipinski definition) is 0. The molecule has 2 bridgehead atoms. The zero-order valence-electron chi connectivity index (χ0n) is 8.87. The second-order valence-corrected chi connectivity index (χ2v) is 6.18. The third-order valence-corrected chi connectivity index (χ3v) is 5.69. The van der Waals surface area contributed by atoms with Gasteiger partial charge in [-0.3, -0.25) is 0 Å². The molecule has 3 saturated carbocycles. The van der Waals surface area contributed by atoms with Crippen molar-refractivity contribution in [1.82, 2.24) is 0 Å². The van der Waals surface area contributed by atoms with E-state index in [0.717, 1.165) is 30.3 Å². The molecular formula is C13H20O. The molecule has 3 aliphatic carbocycles. The predicted molar refractivity (Wildman–Crippen MR) is 55.0 cm³/mol. The van der Waals surface area contributed by atoms with Crippen molar-refractivity contribution in [3.63, 3.8) is 0 Å². The summed E-state index contributed by atoms with van der Waals surface area (Å²) in [6, 6.07) is 0. The van der Waals surface area contributed by atoms with Gasteiger partial charge in [0.2, 0.25) is 0 Å². The molecule has 78 valence electrons. The largest absolute Gasteiger partial charge is 0.374 e. The van der Waals surface area contributed by atoms with Crippen LogP contribution in [-0.4, -0.2) is 12.2 Å². The molecule has 1 saturated heterocycles. The number of fused-ring (bicyclic) bond motifs is 3. The highest BCUT2D eigenvalue weighted by Crippen LogP contribution is 2.61. The van der Waals surface area contributed by atoms with E-state index in [-0.39, 0.29) is 0 Å². The minimum Gasteiger partial charge on any atom is -0.374 e. The monoisotopic (exact) mass is 192 g/mol. The normalized spacial score (nSPS) is 60.0. The fourth-order valence-electron chi connectivity index (χ4n) is 5.13. The topological polar surface area (TPSA) is 9.23 Å². The van der Waals surface area contributed by atoms with Crippen LogP contribution in [0.15, 0.2) is 0 Å². The summed E-state index contributed by atoms with van der Waals surface area (Å²) in [5.41, 5.74) is 0.399. The van der Waals surface area contributed by atoms with E-state index in [0.29, 0.717) is 5.60 Å². The molecular weight excluding hydrogens is 172 g/mol. The summed E-state index contributed by atoms with van der Waals surface area (Å²) in [6.45, 7) is 1.11. The Morgan fingerprint density at radius 2 is 2.14 bits per heavy atom. The van der Waals surface area contributed by atoms with E-state index in [1.54, 1.807) is 0 Å². The molecule has 0 aromatic heterocycles. The zero-order chi connectivity index (χ0) is 9.17. The van der Waals surface area contributed by atoms with Gasteiger partial charge in [-0.2, -0.15) is 0 Å². The third kappa shape index (κ3) is 0.856. The van der Waals surface area contributed by atoms with Gasteiger partial charge in [0.1, 0.15) is 0 Å². The standard InChI is InChI=1S/C13H20O/c1-2-10-8-14-13-5-4-9(7-13)6-12(13)11(10)3-1/h9-12H,1-8H2. The van der Waals surface area contributed by atoms with Crippen molar-refractivity contribution in [1.29, 1.82) is 0 Å². The summed E-state index contributed by atoms with van der Waals surface area (Å²) in [5, 5.41) is 0. The Hall–Kier alpha value is -0.0400. The van der Waals surface area contributed by atoms with Crippen LogP contribution in [0, 0.1) is 23.7 Å². The van der Waals surface area contributed by atoms with Crippen LogP contribution >= 0.6 is 0 Å². The lowest BCUT2D eigenvalue weighted by Gasteiger charge is -2.46. The molecule has 1 heteroatoms. The number of rotatable bonds is 0. The fourth-order valence-corrected chi connectivity index (χ4v) is 5.13. The molecule has 1 aliphatic heterocycles. The van der Waals surface area contributed by atoms with E-state index in [4.69, 9.17) is 4.74 Å². The van der Waals surface area contributed by atoms with Crippen LogP contribution in [0.5, 0.6) is 0 Å². The number of ether oxygens (including phenoxy) is 1. The van der Waals surface area contributed by atoms with Gasteiger partial charge in [-0.15, -0.1) is 0 Å². The van der Waals surface area contributed by atoms with Crippen LogP contribution in [0.1, 0.15) is 44.9 Å². The summed E-state index contributed by atoms with van der Waals surface area (Å²) >= 11 is 0. The van der Waals surface area contributed by atoms with Crippen LogP contribution < -0.4 is 0 Å². The van der Waals surface area contributed by atoms with Gasteiger partial charge in [0.15, 0.2) is 0 Å². The molecule has 1 spiro atoms. The Morgan fingerprint density at radius 3 is 3.07 bits per heavy atom. The van der Waals surface area contributed by atoms with Crippen molar-refractivity contribution in [2.45, 2.75) is 50.5 Å². The highest BCUT2D eigenvalue weighted by atomic mass is 16.5. The highest BCUT2D eigenvalue weighted by Gasteiger charge is 2.59. The molecule has 14 heavy (non-hydrogen) atoms. The average molecular weight is 192 g/mol. The average Bonchev–Trinajstić information content (AvgIpc) is 2.89. The summed E-state index contributed by atoms with van der Waals surface area (Å²) in [4.78, 5) is 0. The Balaban J connectivity index is 1.70. The van der Waals surface area contributed by atoms with Gasteiger partial charge in [0, 0.05) is 0 Å². The molecule has 5 atom stereocenters. The second kappa shape index (κ2) is 2.55. The van der Waals surface area contributed by atoms with E-state index in [1.165, 1.54) is 44.9 Å². The lowest BCUT2D eigenvalue weighted by molar-refractivity contribution is -0.147. The summed E-state index contributed by atoms with van der Waals surface area (Å²) < 4.78 is 6.29. The van der Waals surface area contributed by atoms with Crippen molar-refractivity contribution < 1.29 is 4.74 Å². The van der Waals surface area contributed by atoms with Gasteiger partial charge in [0.25, 0.3) is 0 Å². The third-order valence-electron chi connectivity index (χ3n) is 5.69. The second-order valence-electron chi connectivity index (χ2n) is 6.18. The first-order valence-electron chi connectivity index (χ1n) is 6.51. The van der Waals surface area contributed by atoms with Crippen molar-refractivity contribution in [3.8, 4) is 0 Å². The van der Waals surface area contributed by atoms with Crippen molar-refractivity contribution in [2.75, 3.05) is 6.61 Å². The molecule has 0 aromatic rings.